The van der Waals surface area contributed by atoms with Crippen molar-refractivity contribution < 1.29 is 9.21 Å². The first-order valence-corrected chi connectivity index (χ1v) is 11.6. The van der Waals surface area contributed by atoms with E-state index in [2.05, 4.69) is 5.32 Å². The fourth-order valence-corrected chi connectivity index (χ4v) is 4.51. The van der Waals surface area contributed by atoms with Crippen molar-refractivity contribution in [2.75, 3.05) is 5.32 Å². The van der Waals surface area contributed by atoms with Crippen molar-refractivity contribution in [1.82, 2.24) is 9.13 Å². The third-order valence-electron chi connectivity index (χ3n) is 6.00. The molecule has 1 N–H and O–H groups in total. The van der Waals surface area contributed by atoms with Gasteiger partial charge >= 0.3 is 5.69 Å². The summed E-state index contributed by atoms with van der Waals surface area (Å²) in [5, 5.41) is 3.79. The number of rotatable bonds is 6. The molecule has 176 valence electrons. The molecule has 0 aliphatic heterocycles. The zero-order valence-corrected chi connectivity index (χ0v) is 19.7. The van der Waals surface area contributed by atoms with E-state index < -0.39 is 17.2 Å². The fraction of sp³-hybridized carbons (Fsp3) is 0.148. The van der Waals surface area contributed by atoms with E-state index >= 15 is 0 Å². The molecule has 7 nitrogen and oxygen atoms in total. The van der Waals surface area contributed by atoms with Crippen LogP contribution in [-0.4, -0.2) is 15.0 Å². The zero-order valence-electron chi connectivity index (χ0n) is 19.0. The van der Waals surface area contributed by atoms with Gasteiger partial charge in [0, 0.05) is 11.9 Å². The first kappa shape index (κ1) is 22.7. The van der Waals surface area contributed by atoms with Crippen LogP contribution in [0.25, 0.3) is 22.1 Å². The Morgan fingerprint density at radius 1 is 0.943 bits per heavy atom. The highest BCUT2D eigenvalue weighted by atomic mass is 35.5. The molecule has 8 heteroatoms. The van der Waals surface area contributed by atoms with Crippen molar-refractivity contribution in [3.63, 3.8) is 0 Å². The summed E-state index contributed by atoms with van der Waals surface area (Å²) in [4.78, 5) is 39.9. The Balaban J connectivity index is 1.61. The second-order valence-corrected chi connectivity index (χ2v) is 8.72. The van der Waals surface area contributed by atoms with E-state index in [0.29, 0.717) is 33.6 Å². The van der Waals surface area contributed by atoms with Crippen molar-refractivity contribution in [1.29, 1.82) is 0 Å². The molecule has 0 radical (unpaired) electrons. The van der Waals surface area contributed by atoms with Gasteiger partial charge in [-0.05, 0) is 42.7 Å². The topological polar surface area (TPSA) is 86.2 Å². The standard InChI is InChI=1S/C27H22ClN3O4/c1-17-8-7-12-20(28)23(17)29-22(32)16-31-24-19-11-5-6-13-21(19)35-25(24)26(33)30(27(31)34)15-14-18-9-3-2-4-10-18/h2-13H,14-16H2,1H3,(H,29,32). The number of carbonyl (C=O) groups is 1. The SMILES string of the molecule is Cc1cccc(Cl)c1NC(=O)Cn1c(=O)n(CCc2ccccc2)c(=O)c2oc3ccccc3c21. The van der Waals surface area contributed by atoms with Crippen LogP contribution < -0.4 is 16.6 Å². The lowest BCUT2D eigenvalue weighted by Gasteiger charge is -2.14. The van der Waals surface area contributed by atoms with Crippen LogP contribution in [0, 0.1) is 6.92 Å². The predicted molar refractivity (Wildman–Crippen MR) is 137 cm³/mol. The third-order valence-corrected chi connectivity index (χ3v) is 6.31. The van der Waals surface area contributed by atoms with Gasteiger partial charge in [0.15, 0.2) is 0 Å². The number of aromatic nitrogens is 2. The summed E-state index contributed by atoms with van der Waals surface area (Å²) < 4.78 is 8.30. The van der Waals surface area contributed by atoms with Gasteiger partial charge in [-0.2, -0.15) is 0 Å². The molecule has 35 heavy (non-hydrogen) atoms. The van der Waals surface area contributed by atoms with E-state index in [9.17, 15) is 14.4 Å². The van der Waals surface area contributed by atoms with Crippen molar-refractivity contribution >= 4 is 45.3 Å². The van der Waals surface area contributed by atoms with Gasteiger partial charge < -0.3 is 9.73 Å². The quantitative estimate of drug-likeness (QED) is 0.374. The molecule has 0 fully saturated rings. The fourth-order valence-electron chi connectivity index (χ4n) is 4.24. The highest BCUT2D eigenvalue weighted by molar-refractivity contribution is 6.33. The second-order valence-electron chi connectivity index (χ2n) is 8.32. The number of para-hydroxylation sites is 2. The lowest BCUT2D eigenvalue weighted by molar-refractivity contribution is -0.116. The molecule has 0 aliphatic rings. The van der Waals surface area contributed by atoms with Crippen LogP contribution in [0.5, 0.6) is 0 Å². The average Bonchev–Trinajstić information content (AvgIpc) is 3.25. The molecular formula is C27H22ClN3O4. The van der Waals surface area contributed by atoms with Crippen LogP contribution in [0.15, 0.2) is 86.8 Å². The minimum absolute atomic E-state index is 0.0422. The number of fused-ring (bicyclic) bond motifs is 3. The number of nitrogens with one attached hydrogen (secondary N) is 1. The van der Waals surface area contributed by atoms with Gasteiger partial charge in [0.05, 0.1) is 10.7 Å². The summed E-state index contributed by atoms with van der Waals surface area (Å²) in [7, 11) is 0. The summed E-state index contributed by atoms with van der Waals surface area (Å²) in [5.74, 6) is -0.442. The van der Waals surface area contributed by atoms with Gasteiger partial charge in [-0.3, -0.25) is 18.7 Å². The molecule has 3 aromatic carbocycles. The zero-order chi connectivity index (χ0) is 24.5. The van der Waals surface area contributed by atoms with Crippen LogP contribution in [0.4, 0.5) is 5.69 Å². The first-order chi connectivity index (χ1) is 16.9. The summed E-state index contributed by atoms with van der Waals surface area (Å²) in [6.07, 6.45) is 0.479. The van der Waals surface area contributed by atoms with Gasteiger partial charge in [-0.1, -0.05) is 66.2 Å². The molecule has 0 saturated heterocycles. The number of halogens is 1. The number of furan rings is 1. The van der Waals surface area contributed by atoms with Crippen molar-refractivity contribution in [2.45, 2.75) is 26.4 Å². The number of benzene rings is 3. The normalized spacial score (nSPS) is 11.3. The molecule has 0 unspecified atom stereocenters. The predicted octanol–water partition coefficient (Wildman–Crippen LogP) is 4.75. The second kappa shape index (κ2) is 9.27. The van der Waals surface area contributed by atoms with Crippen molar-refractivity contribution in [3.05, 3.63) is 110 Å². The monoisotopic (exact) mass is 487 g/mol. The maximum atomic E-state index is 13.6. The molecular weight excluding hydrogens is 466 g/mol. The van der Waals surface area contributed by atoms with Gasteiger partial charge in [0.1, 0.15) is 17.6 Å². The highest BCUT2D eigenvalue weighted by Crippen LogP contribution is 2.27. The van der Waals surface area contributed by atoms with E-state index in [-0.39, 0.29) is 18.7 Å². The van der Waals surface area contributed by atoms with Gasteiger partial charge in [-0.15, -0.1) is 0 Å². The van der Waals surface area contributed by atoms with Crippen LogP contribution in [-0.2, 0) is 24.3 Å². The molecule has 5 rings (SSSR count). The first-order valence-electron chi connectivity index (χ1n) is 11.2. The van der Waals surface area contributed by atoms with E-state index in [4.69, 9.17) is 16.0 Å². The van der Waals surface area contributed by atoms with Crippen molar-refractivity contribution in [2.24, 2.45) is 0 Å². The molecule has 0 aliphatic carbocycles. The number of aryl methyl sites for hydroxylation is 2. The maximum absolute atomic E-state index is 13.6. The minimum Gasteiger partial charge on any atom is -0.449 e. The molecule has 5 aromatic rings. The van der Waals surface area contributed by atoms with Gasteiger partial charge in [0.25, 0.3) is 5.56 Å². The van der Waals surface area contributed by atoms with Gasteiger partial charge in [0.2, 0.25) is 11.5 Å². The van der Waals surface area contributed by atoms with E-state index in [1.54, 1.807) is 36.4 Å². The maximum Gasteiger partial charge on any atom is 0.332 e. The van der Waals surface area contributed by atoms with Crippen molar-refractivity contribution in [3.8, 4) is 0 Å². The summed E-state index contributed by atoms with van der Waals surface area (Å²) in [6.45, 7) is 1.67. The van der Waals surface area contributed by atoms with Crippen LogP contribution in [0.3, 0.4) is 0 Å². The Hall–Kier alpha value is -4.10. The number of carbonyl (C=O) groups excluding carboxylic acids is 1. The molecule has 0 spiro atoms. The molecule has 0 saturated carbocycles. The average molecular weight is 488 g/mol. The molecule has 2 aromatic heterocycles. The minimum atomic E-state index is -0.573. The number of hydrogen-bond donors (Lipinski definition) is 1. The van der Waals surface area contributed by atoms with Crippen LogP contribution >= 0.6 is 11.6 Å². The van der Waals surface area contributed by atoms with E-state index in [0.717, 1.165) is 15.7 Å². The number of hydrogen-bond acceptors (Lipinski definition) is 4. The third kappa shape index (κ3) is 4.26. The smallest absolute Gasteiger partial charge is 0.332 e. The Bertz CT molecular complexity index is 1660. The lowest BCUT2D eigenvalue weighted by atomic mass is 10.1. The summed E-state index contributed by atoms with van der Waals surface area (Å²) >= 11 is 6.27. The molecule has 1 amide bonds. The summed E-state index contributed by atoms with van der Waals surface area (Å²) in [6, 6.07) is 22.0. The Morgan fingerprint density at radius 2 is 1.69 bits per heavy atom. The molecule has 0 bridgehead atoms. The number of amides is 1. The van der Waals surface area contributed by atoms with E-state index in [1.165, 1.54) is 4.57 Å². The Morgan fingerprint density at radius 3 is 2.46 bits per heavy atom. The highest BCUT2D eigenvalue weighted by Gasteiger charge is 2.21. The lowest BCUT2D eigenvalue weighted by Crippen LogP contribution is -2.41. The molecule has 0 atom stereocenters. The van der Waals surface area contributed by atoms with Gasteiger partial charge in [-0.25, -0.2) is 4.79 Å². The Labute approximate surface area is 205 Å². The van der Waals surface area contributed by atoms with Crippen LogP contribution in [0.1, 0.15) is 11.1 Å². The molecule has 2 heterocycles. The number of anilines is 1. The van der Waals surface area contributed by atoms with Crippen LogP contribution in [0.2, 0.25) is 5.02 Å². The largest absolute Gasteiger partial charge is 0.449 e. The summed E-state index contributed by atoms with van der Waals surface area (Å²) in [5.41, 5.74) is 1.99. The Kier molecular flexibility index (Phi) is 6.01. The number of nitrogens with zero attached hydrogens (tertiary/aromatic N) is 2. The van der Waals surface area contributed by atoms with E-state index in [1.807, 2.05) is 43.3 Å².